The fourth-order valence-corrected chi connectivity index (χ4v) is 3.87. The maximum absolute atomic E-state index is 13.6. The summed E-state index contributed by atoms with van der Waals surface area (Å²) in [5.41, 5.74) is -0.0554. The van der Waals surface area contributed by atoms with Crippen LogP contribution in [-0.4, -0.2) is 48.8 Å². The van der Waals surface area contributed by atoms with Crippen LogP contribution in [0.15, 0.2) is 91.0 Å². The predicted molar refractivity (Wildman–Crippen MR) is 126 cm³/mol. The van der Waals surface area contributed by atoms with Crippen molar-refractivity contribution in [1.82, 2.24) is 4.90 Å². The third-order valence-corrected chi connectivity index (χ3v) is 5.63. The second kappa shape index (κ2) is 11.2. The largest absolute Gasteiger partial charge is 0.453 e. The van der Waals surface area contributed by atoms with E-state index in [1.165, 1.54) is 0 Å². The number of ether oxygens (including phenoxy) is 2. The SMILES string of the molecule is Cl.O=C(OC(CN1CCOCC1)c1ccccc1)C(O)(c1ccccc1)c1ccccc1. The van der Waals surface area contributed by atoms with Gasteiger partial charge in [-0.3, -0.25) is 4.90 Å². The summed E-state index contributed by atoms with van der Waals surface area (Å²) >= 11 is 0. The molecule has 32 heavy (non-hydrogen) atoms. The molecule has 1 N–H and O–H groups in total. The first-order valence-electron chi connectivity index (χ1n) is 10.6. The zero-order chi connectivity index (χ0) is 21.5. The number of hydrogen-bond acceptors (Lipinski definition) is 5. The second-order valence-electron chi connectivity index (χ2n) is 7.66. The number of rotatable bonds is 7. The van der Waals surface area contributed by atoms with Gasteiger partial charge in [-0.05, 0) is 16.7 Å². The molecule has 1 unspecified atom stereocenters. The molecule has 0 aliphatic carbocycles. The third-order valence-electron chi connectivity index (χ3n) is 5.63. The van der Waals surface area contributed by atoms with Gasteiger partial charge in [-0.2, -0.15) is 0 Å². The number of benzene rings is 3. The fourth-order valence-electron chi connectivity index (χ4n) is 3.87. The van der Waals surface area contributed by atoms with Gasteiger partial charge in [0.25, 0.3) is 0 Å². The Hall–Kier alpha value is -2.70. The van der Waals surface area contributed by atoms with Gasteiger partial charge in [0.1, 0.15) is 6.10 Å². The van der Waals surface area contributed by atoms with Crippen LogP contribution in [0.2, 0.25) is 0 Å². The van der Waals surface area contributed by atoms with Gasteiger partial charge in [0.2, 0.25) is 5.60 Å². The minimum Gasteiger partial charge on any atom is -0.453 e. The number of carbonyl (C=O) groups excluding carboxylic acids is 1. The first-order valence-corrected chi connectivity index (χ1v) is 10.6. The lowest BCUT2D eigenvalue weighted by Crippen LogP contribution is -2.43. The van der Waals surface area contributed by atoms with Gasteiger partial charge in [-0.15, -0.1) is 12.4 Å². The molecule has 0 radical (unpaired) electrons. The number of aliphatic hydroxyl groups is 1. The zero-order valence-electron chi connectivity index (χ0n) is 17.8. The van der Waals surface area contributed by atoms with Gasteiger partial charge in [0.05, 0.1) is 13.2 Å². The van der Waals surface area contributed by atoms with Crippen LogP contribution >= 0.6 is 12.4 Å². The lowest BCUT2D eigenvalue weighted by Gasteiger charge is -2.33. The van der Waals surface area contributed by atoms with Gasteiger partial charge < -0.3 is 14.6 Å². The Labute approximate surface area is 195 Å². The van der Waals surface area contributed by atoms with E-state index in [9.17, 15) is 9.90 Å². The monoisotopic (exact) mass is 453 g/mol. The van der Waals surface area contributed by atoms with Gasteiger partial charge >= 0.3 is 5.97 Å². The number of halogens is 1. The topological polar surface area (TPSA) is 59.0 Å². The molecule has 0 saturated carbocycles. The van der Waals surface area contributed by atoms with E-state index in [2.05, 4.69) is 4.90 Å². The van der Waals surface area contributed by atoms with Crippen LogP contribution < -0.4 is 0 Å². The van der Waals surface area contributed by atoms with Gasteiger partial charge in [0, 0.05) is 19.6 Å². The molecule has 3 aromatic carbocycles. The average molecular weight is 454 g/mol. The number of esters is 1. The number of morpholine rings is 1. The van der Waals surface area contributed by atoms with Crippen LogP contribution in [0, 0.1) is 0 Å². The van der Waals surface area contributed by atoms with Crippen LogP contribution in [0.5, 0.6) is 0 Å². The first-order chi connectivity index (χ1) is 15.2. The van der Waals surface area contributed by atoms with Crippen LogP contribution in [0.4, 0.5) is 0 Å². The standard InChI is InChI=1S/C26H27NO4.ClH/c28-25(26(29,22-12-6-2-7-13-22)23-14-8-3-9-15-23)31-24(21-10-4-1-5-11-21)20-27-16-18-30-19-17-27;/h1-15,24,29H,16-20H2;1H. The third kappa shape index (κ3) is 5.37. The molecular weight excluding hydrogens is 426 g/mol. The summed E-state index contributed by atoms with van der Waals surface area (Å²) in [6, 6.07) is 27.6. The maximum atomic E-state index is 13.6. The Morgan fingerprint density at radius 1 is 0.875 bits per heavy atom. The van der Waals surface area contributed by atoms with Crippen molar-refractivity contribution in [3.05, 3.63) is 108 Å². The highest BCUT2D eigenvalue weighted by atomic mass is 35.5. The van der Waals surface area contributed by atoms with Gasteiger partial charge in [-0.1, -0.05) is 91.0 Å². The van der Waals surface area contributed by atoms with E-state index in [-0.39, 0.29) is 12.4 Å². The molecule has 1 aliphatic rings. The van der Waals surface area contributed by atoms with Crippen molar-refractivity contribution >= 4 is 18.4 Å². The van der Waals surface area contributed by atoms with Crippen LogP contribution in [-0.2, 0) is 19.9 Å². The van der Waals surface area contributed by atoms with Gasteiger partial charge in [0.15, 0.2) is 0 Å². The van der Waals surface area contributed by atoms with Crippen molar-refractivity contribution in [1.29, 1.82) is 0 Å². The van der Waals surface area contributed by atoms with Crippen LogP contribution in [0.25, 0.3) is 0 Å². The van der Waals surface area contributed by atoms with E-state index in [0.29, 0.717) is 30.9 Å². The molecule has 3 aromatic rings. The van der Waals surface area contributed by atoms with E-state index >= 15 is 0 Å². The highest BCUT2D eigenvalue weighted by Crippen LogP contribution is 2.33. The first kappa shape index (κ1) is 24.0. The van der Waals surface area contributed by atoms with Crippen molar-refractivity contribution in [2.45, 2.75) is 11.7 Å². The van der Waals surface area contributed by atoms with Crippen molar-refractivity contribution < 1.29 is 19.4 Å². The van der Waals surface area contributed by atoms with E-state index in [0.717, 1.165) is 18.7 Å². The second-order valence-corrected chi connectivity index (χ2v) is 7.66. The molecule has 0 aromatic heterocycles. The molecule has 1 aliphatic heterocycles. The molecule has 5 nitrogen and oxygen atoms in total. The highest BCUT2D eigenvalue weighted by Gasteiger charge is 2.43. The number of nitrogens with zero attached hydrogens (tertiary/aromatic N) is 1. The molecule has 168 valence electrons. The lowest BCUT2D eigenvalue weighted by atomic mass is 9.86. The van der Waals surface area contributed by atoms with E-state index in [1.807, 2.05) is 42.5 Å². The molecule has 4 rings (SSSR count). The molecule has 1 atom stereocenters. The minimum absolute atomic E-state index is 0. The van der Waals surface area contributed by atoms with E-state index in [4.69, 9.17) is 9.47 Å². The molecule has 6 heteroatoms. The van der Waals surface area contributed by atoms with E-state index < -0.39 is 17.7 Å². The summed E-state index contributed by atoms with van der Waals surface area (Å²) in [6.45, 7) is 3.42. The Morgan fingerprint density at radius 3 is 1.84 bits per heavy atom. The molecule has 1 fully saturated rings. The Morgan fingerprint density at radius 2 is 1.34 bits per heavy atom. The molecule has 0 bridgehead atoms. The maximum Gasteiger partial charge on any atom is 0.348 e. The molecule has 0 amide bonds. The highest BCUT2D eigenvalue weighted by molar-refractivity contribution is 5.86. The lowest BCUT2D eigenvalue weighted by molar-refractivity contribution is -0.169. The number of carbonyl (C=O) groups is 1. The quantitative estimate of drug-likeness (QED) is 0.549. The fraction of sp³-hybridized carbons (Fsp3) is 0.269. The Balaban J connectivity index is 0.00000289. The zero-order valence-corrected chi connectivity index (χ0v) is 18.6. The molecular formula is C26H28ClNO4. The smallest absolute Gasteiger partial charge is 0.348 e. The number of hydrogen-bond donors (Lipinski definition) is 1. The van der Waals surface area contributed by atoms with Crippen LogP contribution in [0.1, 0.15) is 22.8 Å². The normalized spacial score (nSPS) is 15.4. The summed E-state index contributed by atoms with van der Waals surface area (Å²) < 4.78 is 11.5. The molecule has 1 saturated heterocycles. The van der Waals surface area contributed by atoms with Crippen molar-refractivity contribution in [3.8, 4) is 0 Å². The van der Waals surface area contributed by atoms with Crippen LogP contribution in [0.3, 0.4) is 0 Å². The van der Waals surface area contributed by atoms with Crippen molar-refractivity contribution in [3.63, 3.8) is 0 Å². The summed E-state index contributed by atoms with van der Waals surface area (Å²) in [5.74, 6) is -0.688. The van der Waals surface area contributed by atoms with E-state index in [1.54, 1.807) is 48.5 Å². The van der Waals surface area contributed by atoms with Crippen molar-refractivity contribution in [2.24, 2.45) is 0 Å². The summed E-state index contributed by atoms with van der Waals surface area (Å²) in [6.07, 6.45) is -0.509. The summed E-state index contributed by atoms with van der Waals surface area (Å²) in [7, 11) is 0. The Bertz CT molecular complexity index is 923. The minimum atomic E-state index is -1.90. The Kier molecular flexibility index (Phi) is 8.42. The van der Waals surface area contributed by atoms with Gasteiger partial charge in [-0.25, -0.2) is 4.79 Å². The molecule has 1 heterocycles. The molecule has 0 spiro atoms. The summed E-state index contributed by atoms with van der Waals surface area (Å²) in [5, 5.41) is 11.7. The predicted octanol–water partition coefficient (Wildman–Crippen LogP) is 3.96. The summed E-state index contributed by atoms with van der Waals surface area (Å²) in [4.78, 5) is 15.8. The average Bonchev–Trinajstić information content (AvgIpc) is 2.85. The van der Waals surface area contributed by atoms with Crippen molar-refractivity contribution in [2.75, 3.05) is 32.8 Å².